The Balaban J connectivity index is 1.40. The molecule has 146 valence electrons. The Morgan fingerprint density at radius 3 is 2.46 bits per heavy atom. The van der Waals surface area contributed by atoms with Crippen LogP contribution in [0.3, 0.4) is 0 Å². The van der Waals surface area contributed by atoms with Crippen molar-refractivity contribution >= 4 is 11.9 Å². The van der Waals surface area contributed by atoms with Gasteiger partial charge in [0.2, 0.25) is 11.9 Å². The molecule has 0 N–H and O–H groups in total. The van der Waals surface area contributed by atoms with Crippen molar-refractivity contribution in [3.8, 4) is 0 Å². The Morgan fingerprint density at radius 2 is 1.75 bits per heavy atom. The van der Waals surface area contributed by atoms with E-state index in [2.05, 4.69) is 27.0 Å². The molecule has 28 heavy (non-hydrogen) atoms. The first-order chi connectivity index (χ1) is 13.7. The monoisotopic (exact) mass is 380 g/mol. The predicted octanol–water partition coefficient (Wildman–Crippen LogP) is 3.44. The second-order valence-corrected chi connectivity index (χ2v) is 7.53. The normalized spacial score (nSPS) is 21.0. The van der Waals surface area contributed by atoms with Crippen LogP contribution in [0.25, 0.3) is 0 Å². The van der Waals surface area contributed by atoms with E-state index in [4.69, 9.17) is 0 Å². The van der Waals surface area contributed by atoms with E-state index in [0.717, 1.165) is 43.9 Å². The van der Waals surface area contributed by atoms with Crippen molar-refractivity contribution < 1.29 is 9.18 Å². The number of nitrogens with zero attached hydrogens (tertiary/aromatic N) is 4. The van der Waals surface area contributed by atoms with Crippen molar-refractivity contribution in [1.29, 1.82) is 0 Å². The maximum atomic E-state index is 13.2. The Hall–Kier alpha value is -2.76. The molecule has 0 bridgehead atoms. The summed E-state index contributed by atoms with van der Waals surface area (Å²) >= 11 is 0. The number of halogens is 1. The number of carbonyl (C=O) groups excluding carboxylic acids is 1. The summed E-state index contributed by atoms with van der Waals surface area (Å²) in [6.07, 6.45) is 10.5. The summed E-state index contributed by atoms with van der Waals surface area (Å²) in [6, 6.07) is 8.23. The van der Waals surface area contributed by atoms with E-state index in [0.29, 0.717) is 19.0 Å². The molecule has 4 rings (SSSR count). The number of hydrogen-bond donors (Lipinski definition) is 0. The smallest absolute Gasteiger partial charge is 0.226 e. The quantitative estimate of drug-likeness (QED) is 0.763. The van der Waals surface area contributed by atoms with Crippen LogP contribution in [0.5, 0.6) is 0 Å². The molecule has 2 aromatic rings. The number of allylic oxidation sites excluding steroid dienone is 1. The SMILES string of the molecule is O=C1C(C2CCN(c3ncccn3)CC2)CC=CCN1Cc1ccc(F)cc1. The zero-order chi connectivity index (χ0) is 19.3. The summed E-state index contributed by atoms with van der Waals surface area (Å²) in [6.45, 7) is 2.89. The highest BCUT2D eigenvalue weighted by molar-refractivity contribution is 5.80. The van der Waals surface area contributed by atoms with Crippen LogP contribution in [0.4, 0.5) is 10.3 Å². The Morgan fingerprint density at radius 1 is 1.04 bits per heavy atom. The van der Waals surface area contributed by atoms with Gasteiger partial charge in [0.25, 0.3) is 0 Å². The maximum absolute atomic E-state index is 13.2. The largest absolute Gasteiger partial charge is 0.341 e. The summed E-state index contributed by atoms with van der Waals surface area (Å²) in [5, 5.41) is 0. The molecule has 1 atom stereocenters. The third-order valence-corrected chi connectivity index (χ3v) is 5.74. The van der Waals surface area contributed by atoms with E-state index in [1.165, 1.54) is 12.1 Å². The molecule has 1 unspecified atom stereocenters. The van der Waals surface area contributed by atoms with Crippen molar-refractivity contribution in [2.45, 2.75) is 25.8 Å². The van der Waals surface area contributed by atoms with Crippen LogP contribution in [0.2, 0.25) is 0 Å². The molecule has 1 saturated heterocycles. The summed E-state index contributed by atoms with van der Waals surface area (Å²) in [4.78, 5) is 26.0. The van der Waals surface area contributed by atoms with E-state index >= 15 is 0 Å². The zero-order valence-electron chi connectivity index (χ0n) is 15.9. The molecule has 2 aliphatic rings. The Bertz CT molecular complexity index is 816. The lowest BCUT2D eigenvalue weighted by molar-refractivity contribution is -0.137. The molecule has 1 fully saturated rings. The van der Waals surface area contributed by atoms with Gasteiger partial charge in [0.05, 0.1) is 0 Å². The highest BCUT2D eigenvalue weighted by Gasteiger charge is 2.34. The number of aromatic nitrogens is 2. The third-order valence-electron chi connectivity index (χ3n) is 5.74. The van der Waals surface area contributed by atoms with Gasteiger partial charge in [0.15, 0.2) is 0 Å². The van der Waals surface area contributed by atoms with Gasteiger partial charge >= 0.3 is 0 Å². The first-order valence-corrected chi connectivity index (χ1v) is 9.91. The van der Waals surface area contributed by atoms with Gasteiger partial charge in [0.1, 0.15) is 5.82 Å². The number of hydrogen-bond acceptors (Lipinski definition) is 4. The van der Waals surface area contributed by atoms with Gasteiger partial charge in [-0.25, -0.2) is 14.4 Å². The fourth-order valence-corrected chi connectivity index (χ4v) is 4.17. The molecular formula is C22H25FN4O. The molecular weight excluding hydrogens is 355 g/mol. The second kappa shape index (κ2) is 8.50. The zero-order valence-corrected chi connectivity index (χ0v) is 15.9. The van der Waals surface area contributed by atoms with Gasteiger partial charge in [0, 0.05) is 44.5 Å². The molecule has 3 heterocycles. The van der Waals surface area contributed by atoms with Crippen LogP contribution >= 0.6 is 0 Å². The summed E-state index contributed by atoms with van der Waals surface area (Å²) < 4.78 is 13.2. The van der Waals surface area contributed by atoms with Gasteiger partial charge in [-0.2, -0.15) is 0 Å². The number of rotatable bonds is 4. The standard InChI is InChI=1S/C22H25FN4O/c23-19-7-5-17(6-8-19)16-27-13-2-1-4-20(21(27)28)18-9-14-26(15-10-18)22-24-11-3-12-25-22/h1-3,5-8,11-12,18,20H,4,9-10,13-16H2. The van der Waals surface area contributed by atoms with Crippen LogP contribution < -0.4 is 4.90 Å². The lowest BCUT2D eigenvalue weighted by Gasteiger charge is -2.36. The molecule has 0 aliphatic carbocycles. The number of amides is 1. The molecule has 1 aromatic heterocycles. The molecule has 0 saturated carbocycles. The second-order valence-electron chi connectivity index (χ2n) is 7.53. The fourth-order valence-electron chi connectivity index (χ4n) is 4.17. The number of piperidine rings is 1. The lowest BCUT2D eigenvalue weighted by atomic mass is 9.81. The molecule has 2 aliphatic heterocycles. The topological polar surface area (TPSA) is 49.3 Å². The van der Waals surface area contributed by atoms with Crippen molar-refractivity contribution in [1.82, 2.24) is 14.9 Å². The van der Waals surface area contributed by atoms with Gasteiger partial charge in [-0.1, -0.05) is 24.3 Å². The van der Waals surface area contributed by atoms with Gasteiger partial charge in [-0.15, -0.1) is 0 Å². The van der Waals surface area contributed by atoms with E-state index in [9.17, 15) is 9.18 Å². The lowest BCUT2D eigenvalue weighted by Crippen LogP contribution is -2.42. The highest BCUT2D eigenvalue weighted by Crippen LogP contribution is 2.32. The van der Waals surface area contributed by atoms with Crippen molar-refractivity contribution in [2.75, 3.05) is 24.5 Å². The van der Waals surface area contributed by atoms with Crippen LogP contribution in [0.1, 0.15) is 24.8 Å². The fraction of sp³-hybridized carbons (Fsp3) is 0.409. The number of carbonyl (C=O) groups is 1. The minimum absolute atomic E-state index is 0.0121. The minimum Gasteiger partial charge on any atom is -0.341 e. The van der Waals surface area contributed by atoms with Gasteiger partial charge < -0.3 is 9.80 Å². The molecule has 0 radical (unpaired) electrons. The summed E-state index contributed by atoms with van der Waals surface area (Å²) in [7, 11) is 0. The average molecular weight is 380 g/mol. The predicted molar refractivity (Wildman–Crippen MR) is 106 cm³/mol. The molecule has 0 spiro atoms. The summed E-state index contributed by atoms with van der Waals surface area (Å²) in [5.74, 6) is 1.11. The van der Waals surface area contributed by atoms with E-state index in [-0.39, 0.29) is 17.6 Å². The number of anilines is 1. The van der Waals surface area contributed by atoms with Gasteiger partial charge in [-0.3, -0.25) is 4.79 Å². The van der Waals surface area contributed by atoms with E-state index < -0.39 is 0 Å². The molecule has 1 aromatic carbocycles. The van der Waals surface area contributed by atoms with Crippen LogP contribution in [-0.4, -0.2) is 40.4 Å². The van der Waals surface area contributed by atoms with Crippen LogP contribution in [0.15, 0.2) is 54.9 Å². The summed E-state index contributed by atoms with van der Waals surface area (Å²) in [5.41, 5.74) is 0.958. The Kier molecular flexibility index (Phi) is 5.65. The maximum Gasteiger partial charge on any atom is 0.226 e. The molecule has 5 nitrogen and oxygen atoms in total. The first kappa shape index (κ1) is 18.6. The minimum atomic E-state index is -0.252. The third kappa shape index (κ3) is 4.21. The van der Waals surface area contributed by atoms with E-state index in [1.807, 2.05) is 11.0 Å². The Labute approximate surface area is 164 Å². The van der Waals surface area contributed by atoms with Crippen molar-refractivity contribution in [3.05, 3.63) is 66.3 Å². The average Bonchev–Trinajstić information content (AvgIpc) is 2.92. The van der Waals surface area contributed by atoms with Crippen LogP contribution in [0, 0.1) is 17.7 Å². The molecule has 1 amide bonds. The van der Waals surface area contributed by atoms with Crippen molar-refractivity contribution in [3.63, 3.8) is 0 Å². The number of benzene rings is 1. The first-order valence-electron chi connectivity index (χ1n) is 9.91. The van der Waals surface area contributed by atoms with E-state index in [1.54, 1.807) is 24.5 Å². The highest BCUT2D eigenvalue weighted by atomic mass is 19.1. The van der Waals surface area contributed by atoms with Crippen LogP contribution in [-0.2, 0) is 11.3 Å². The van der Waals surface area contributed by atoms with Crippen molar-refractivity contribution in [2.24, 2.45) is 11.8 Å². The van der Waals surface area contributed by atoms with Gasteiger partial charge in [-0.05, 0) is 48.9 Å². The molecule has 6 heteroatoms.